The summed E-state index contributed by atoms with van der Waals surface area (Å²) in [6.45, 7) is 4.59. The molecular formula is C17H25BrO3. The minimum atomic E-state index is -0.464. The number of ether oxygens (including phenoxy) is 2. The van der Waals surface area contributed by atoms with Crippen molar-refractivity contribution in [1.82, 2.24) is 0 Å². The van der Waals surface area contributed by atoms with Gasteiger partial charge in [0.15, 0.2) is 11.5 Å². The van der Waals surface area contributed by atoms with E-state index in [2.05, 4.69) is 29.8 Å². The highest BCUT2D eigenvalue weighted by molar-refractivity contribution is 9.10. The second-order valence-electron chi connectivity index (χ2n) is 6.20. The average Bonchev–Trinajstić information content (AvgIpc) is 2.49. The maximum atomic E-state index is 10.8. The van der Waals surface area contributed by atoms with Crippen LogP contribution < -0.4 is 9.47 Å². The number of halogens is 1. The van der Waals surface area contributed by atoms with Crippen LogP contribution in [0.3, 0.4) is 0 Å². The van der Waals surface area contributed by atoms with Crippen molar-refractivity contribution in [1.29, 1.82) is 0 Å². The lowest BCUT2D eigenvalue weighted by Gasteiger charge is -2.35. The third-order valence-electron chi connectivity index (χ3n) is 4.91. The van der Waals surface area contributed by atoms with Crippen LogP contribution in [0.4, 0.5) is 0 Å². The van der Waals surface area contributed by atoms with Crippen LogP contribution in [0.15, 0.2) is 16.6 Å². The van der Waals surface area contributed by atoms with Gasteiger partial charge in [-0.1, -0.05) is 36.2 Å². The molecule has 0 aliphatic heterocycles. The molecule has 4 unspecified atom stereocenters. The van der Waals surface area contributed by atoms with Gasteiger partial charge >= 0.3 is 0 Å². The summed E-state index contributed by atoms with van der Waals surface area (Å²) in [6.07, 6.45) is 2.87. The SMILES string of the molecule is COc1cc(Br)c(C(O)C2CCC(C)C(C)C2)cc1OC. The second kappa shape index (κ2) is 7.01. The van der Waals surface area contributed by atoms with Gasteiger partial charge in [-0.2, -0.15) is 0 Å². The van der Waals surface area contributed by atoms with Crippen LogP contribution in [0.1, 0.15) is 44.8 Å². The number of hydrogen-bond acceptors (Lipinski definition) is 3. The summed E-state index contributed by atoms with van der Waals surface area (Å²) in [6, 6.07) is 3.75. The van der Waals surface area contributed by atoms with E-state index in [1.165, 1.54) is 6.42 Å². The zero-order valence-corrected chi connectivity index (χ0v) is 14.8. The zero-order chi connectivity index (χ0) is 15.6. The molecule has 1 aromatic rings. The number of hydrogen-bond donors (Lipinski definition) is 1. The first kappa shape index (κ1) is 16.6. The minimum absolute atomic E-state index is 0.311. The van der Waals surface area contributed by atoms with E-state index >= 15 is 0 Å². The Morgan fingerprint density at radius 3 is 2.29 bits per heavy atom. The Morgan fingerprint density at radius 2 is 1.71 bits per heavy atom. The molecule has 0 saturated heterocycles. The van der Waals surface area contributed by atoms with E-state index in [1.807, 2.05) is 12.1 Å². The van der Waals surface area contributed by atoms with E-state index in [4.69, 9.17) is 9.47 Å². The Kier molecular flexibility index (Phi) is 5.55. The molecule has 0 radical (unpaired) electrons. The number of methoxy groups -OCH3 is 2. The fourth-order valence-electron chi connectivity index (χ4n) is 3.23. The maximum Gasteiger partial charge on any atom is 0.161 e. The van der Waals surface area contributed by atoms with E-state index in [9.17, 15) is 5.11 Å². The van der Waals surface area contributed by atoms with Crippen molar-refractivity contribution in [3.05, 3.63) is 22.2 Å². The van der Waals surface area contributed by atoms with Gasteiger partial charge in [0.05, 0.1) is 20.3 Å². The van der Waals surface area contributed by atoms with Gasteiger partial charge in [-0.05, 0) is 48.3 Å². The standard InChI is InChI=1S/C17H25BrO3/c1-10-5-6-12(7-11(10)2)17(19)13-8-15(20-3)16(21-4)9-14(13)18/h8-12,17,19H,5-7H2,1-4H3. The van der Waals surface area contributed by atoms with Crippen molar-refractivity contribution in [3.63, 3.8) is 0 Å². The molecule has 0 heterocycles. The second-order valence-corrected chi connectivity index (χ2v) is 7.06. The molecule has 21 heavy (non-hydrogen) atoms. The predicted octanol–water partition coefficient (Wildman–Crippen LogP) is 4.57. The van der Waals surface area contributed by atoms with Crippen molar-refractivity contribution in [2.24, 2.45) is 17.8 Å². The molecule has 1 saturated carbocycles. The van der Waals surface area contributed by atoms with Gasteiger partial charge in [-0.15, -0.1) is 0 Å². The first-order valence-corrected chi connectivity index (χ1v) is 8.36. The van der Waals surface area contributed by atoms with Crippen LogP contribution in [0.5, 0.6) is 11.5 Å². The van der Waals surface area contributed by atoms with Crippen LogP contribution in [0.25, 0.3) is 0 Å². The normalized spacial score (nSPS) is 27.2. The summed E-state index contributed by atoms with van der Waals surface area (Å²) in [7, 11) is 3.23. The fraction of sp³-hybridized carbons (Fsp3) is 0.647. The van der Waals surface area contributed by atoms with Gasteiger partial charge in [0.2, 0.25) is 0 Å². The third-order valence-corrected chi connectivity index (χ3v) is 5.59. The molecule has 1 aromatic carbocycles. The van der Waals surface area contributed by atoms with Crippen LogP contribution in [-0.2, 0) is 0 Å². The molecule has 1 N–H and O–H groups in total. The maximum absolute atomic E-state index is 10.8. The highest BCUT2D eigenvalue weighted by Crippen LogP contribution is 2.43. The topological polar surface area (TPSA) is 38.7 Å². The zero-order valence-electron chi connectivity index (χ0n) is 13.2. The van der Waals surface area contributed by atoms with E-state index in [-0.39, 0.29) is 0 Å². The lowest BCUT2D eigenvalue weighted by Crippen LogP contribution is -2.25. The Morgan fingerprint density at radius 1 is 1.10 bits per heavy atom. The highest BCUT2D eigenvalue weighted by atomic mass is 79.9. The number of benzene rings is 1. The van der Waals surface area contributed by atoms with E-state index < -0.39 is 6.10 Å². The predicted molar refractivity (Wildman–Crippen MR) is 87.9 cm³/mol. The van der Waals surface area contributed by atoms with Gasteiger partial charge in [-0.25, -0.2) is 0 Å². The molecule has 0 amide bonds. The van der Waals surface area contributed by atoms with Crippen molar-refractivity contribution < 1.29 is 14.6 Å². The van der Waals surface area contributed by atoms with E-state index in [0.29, 0.717) is 23.3 Å². The third kappa shape index (κ3) is 3.54. The summed E-state index contributed by atoms with van der Waals surface area (Å²) in [5, 5.41) is 10.8. The van der Waals surface area contributed by atoms with Crippen LogP contribution in [0, 0.1) is 17.8 Å². The van der Waals surface area contributed by atoms with Crippen LogP contribution in [-0.4, -0.2) is 19.3 Å². The largest absolute Gasteiger partial charge is 0.493 e. The Balaban J connectivity index is 2.24. The molecule has 1 aliphatic rings. The molecule has 1 aliphatic carbocycles. The average molecular weight is 357 g/mol. The summed E-state index contributed by atoms with van der Waals surface area (Å²) in [5.41, 5.74) is 0.888. The smallest absolute Gasteiger partial charge is 0.161 e. The van der Waals surface area contributed by atoms with Crippen molar-refractivity contribution in [2.75, 3.05) is 14.2 Å². The quantitative estimate of drug-likeness (QED) is 0.858. The van der Waals surface area contributed by atoms with E-state index in [0.717, 1.165) is 28.8 Å². The Labute approximate surface area is 135 Å². The molecule has 2 rings (SSSR count). The molecule has 4 heteroatoms. The number of aliphatic hydroxyl groups is 1. The van der Waals surface area contributed by atoms with Crippen molar-refractivity contribution in [2.45, 2.75) is 39.2 Å². The van der Waals surface area contributed by atoms with Gasteiger partial charge < -0.3 is 14.6 Å². The first-order valence-electron chi connectivity index (χ1n) is 7.57. The number of aliphatic hydroxyl groups excluding tert-OH is 1. The van der Waals surface area contributed by atoms with Crippen molar-refractivity contribution >= 4 is 15.9 Å². The Bertz CT molecular complexity index is 489. The fourth-order valence-corrected chi connectivity index (χ4v) is 3.78. The van der Waals surface area contributed by atoms with Crippen LogP contribution >= 0.6 is 15.9 Å². The molecular weight excluding hydrogens is 332 g/mol. The summed E-state index contributed by atoms with van der Waals surface area (Å²) in [4.78, 5) is 0. The van der Waals surface area contributed by atoms with Crippen molar-refractivity contribution in [3.8, 4) is 11.5 Å². The molecule has 0 spiro atoms. The molecule has 118 valence electrons. The summed E-state index contributed by atoms with van der Waals surface area (Å²) >= 11 is 3.55. The summed E-state index contributed by atoms with van der Waals surface area (Å²) < 4.78 is 11.5. The monoisotopic (exact) mass is 356 g/mol. The van der Waals surface area contributed by atoms with Gasteiger partial charge in [0, 0.05) is 4.47 Å². The highest BCUT2D eigenvalue weighted by Gasteiger charge is 2.31. The molecule has 1 fully saturated rings. The van der Waals surface area contributed by atoms with Gasteiger partial charge in [0.1, 0.15) is 0 Å². The lowest BCUT2D eigenvalue weighted by atomic mass is 9.73. The Hall–Kier alpha value is -0.740. The molecule has 0 aromatic heterocycles. The lowest BCUT2D eigenvalue weighted by molar-refractivity contribution is 0.0554. The van der Waals surface area contributed by atoms with Crippen LogP contribution in [0.2, 0.25) is 0 Å². The van der Waals surface area contributed by atoms with E-state index in [1.54, 1.807) is 14.2 Å². The molecule has 4 atom stereocenters. The molecule has 3 nitrogen and oxygen atoms in total. The van der Waals surface area contributed by atoms with Gasteiger partial charge in [0.25, 0.3) is 0 Å². The van der Waals surface area contributed by atoms with Gasteiger partial charge in [-0.3, -0.25) is 0 Å². The number of rotatable bonds is 4. The molecule has 0 bridgehead atoms. The minimum Gasteiger partial charge on any atom is -0.493 e. The summed E-state index contributed by atoms with van der Waals surface area (Å²) in [5.74, 6) is 3.06. The first-order chi connectivity index (χ1) is 9.97.